The molecule has 1 aromatic heterocycles. The average molecular weight is 340 g/mol. The van der Waals surface area contributed by atoms with E-state index in [0.717, 1.165) is 39.0 Å². The number of nitrogens with zero attached hydrogens (tertiary/aromatic N) is 5. The first-order valence-electron chi connectivity index (χ1n) is 7.98. The van der Waals surface area contributed by atoms with Crippen LogP contribution in [-0.2, 0) is 0 Å². The first-order valence-corrected chi connectivity index (χ1v) is 8.36. The zero-order valence-corrected chi connectivity index (χ0v) is 14.1. The number of hydrogen-bond donors (Lipinski definition) is 0. The van der Waals surface area contributed by atoms with Crippen LogP contribution in [0.5, 0.6) is 6.01 Å². The van der Waals surface area contributed by atoms with Gasteiger partial charge in [0.25, 0.3) is 0 Å². The molecular weight excluding hydrogens is 318 g/mol. The van der Waals surface area contributed by atoms with E-state index < -0.39 is 0 Å². The first-order chi connectivity index (χ1) is 11.1. The summed E-state index contributed by atoms with van der Waals surface area (Å²) in [5, 5.41) is 0.491. The molecule has 8 heteroatoms. The summed E-state index contributed by atoms with van der Waals surface area (Å²) in [5.74, 6) is 0. The van der Waals surface area contributed by atoms with Crippen LogP contribution in [0.2, 0.25) is 5.02 Å². The van der Waals surface area contributed by atoms with Crippen molar-refractivity contribution in [1.82, 2.24) is 24.7 Å². The Labute approximate surface area is 141 Å². The predicted octanol–water partition coefficient (Wildman–Crippen LogP) is 1.34. The van der Waals surface area contributed by atoms with Gasteiger partial charge in [-0.15, -0.1) is 0 Å². The van der Waals surface area contributed by atoms with Gasteiger partial charge in [-0.3, -0.25) is 0 Å². The Morgan fingerprint density at radius 3 is 2.26 bits per heavy atom. The minimum Gasteiger partial charge on any atom is -0.460 e. The molecule has 2 aliphatic rings. The highest BCUT2D eigenvalue weighted by molar-refractivity contribution is 6.30. The fourth-order valence-electron chi connectivity index (χ4n) is 2.87. The molecule has 3 heterocycles. The Morgan fingerprint density at radius 1 is 1.09 bits per heavy atom. The fourth-order valence-corrected chi connectivity index (χ4v) is 2.97. The van der Waals surface area contributed by atoms with Gasteiger partial charge in [0, 0.05) is 52.1 Å². The molecule has 2 amide bonds. The lowest BCUT2D eigenvalue weighted by Crippen LogP contribution is -2.54. The lowest BCUT2D eigenvalue weighted by atomic mass is 10.1. The molecule has 0 radical (unpaired) electrons. The van der Waals surface area contributed by atoms with E-state index in [1.807, 2.05) is 9.80 Å². The Kier molecular flexibility index (Phi) is 5.17. The molecule has 0 aliphatic carbocycles. The van der Waals surface area contributed by atoms with Crippen molar-refractivity contribution in [3.05, 3.63) is 17.4 Å². The maximum Gasteiger partial charge on any atom is 0.320 e. The van der Waals surface area contributed by atoms with Crippen molar-refractivity contribution in [2.45, 2.75) is 18.9 Å². The minimum atomic E-state index is 0.0488. The summed E-state index contributed by atoms with van der Waals surface area (Å²) in [6, 6.07) is 0.498. The van der Waals surface area contributed by atoms with E-state index in [9.17, 15) is 4.79 Å². The van der Waals surface area contributed by atoms with Crippen LogP contribution in [0.25, 0.3) is 0 Å². The van der Waals surface area contributed by atoms with Crippen molar-refractivity contribution in [3.8, 4) is 6.01 Å². The number of hydrogen-bond acceptors (Lipinski definition) is 5. The van der Waals surface area contributed by atoms with Crippen molar-refractivity contribution in [2.75, 3.05) is 46.3 Å². The van der Waals surface area contributed by atoms with E-state index >= 15 is 0 Å². The van der Waals surface area contributed by atoms with Crippen molar-refractivity contribution < 1.29 is 9.53 Å². The zero-order valence-electron chi connectivity index (χ0n) is 13.3. The number of aromatic nitrogens is 2. The number of carbonyl (C=O) groups excluding carboxylic acids is 1. The summed E-state index contributed by atoms with van der Waals surface area (Å²) in [6.45, 7) is 4.93. The largest absolute Gasteiger partial charge is 0.460 e. The second-order valence-corrected chi connectivity index (χ2v) is 6.50. The lowest BCUT2D eigenvalue weighted by molar-refractivity contribution is 0.0799. The molecular formula is C15H22ClN5O2. The van der Waals surface area contributed by atoms with E-state index in [4.69, 9.17) is 16.3 Å². The normalized spacial score (nSPS) is 20.6. The van der Waals surface area contributed by atoms with E-state index in [-0.39, 0.29) is 12.1 Å². The van der Waals surface area contributed by atoms with Gasteiger partial charge in [-0.1, -0.05) is 11.6 Å². The third-order valence-electron chi connectivity index (χ3n) is 4.36. The molecule has 1 aromatic rings. The van der Waals surface area contributed by atoms with Gasteiger partial charge >= 0.3 is 12.0 Å². The molecule has 0 aromatic carbocycles. The van der Waals surface area contributed by atoms with Gasteiger partial charge in [0.05, 0.1) is 17.4 Å². The van der Waals surface area contributed by atoms with Crippen LogP contribution in [0.4, 0.5) is 4.79 Å². The highest BCUT2D eigenvalue weighted by Crippen LogP contribution is 2.18. The van der Waals surface area contributed by atoms with E-state index in [1.54, 1.807) is 0 Å². The summed E-state index contributed by atoms with van der Waals surface area (Å²) >= 11 is 5.76. The molecule has 126 valence electrons. The highest BCUT2D eigenvalue weighted by atomic mass is 35.5. The number of likely N-dealkylation sites (N-methyl/N-ethyl adjacent to an activating group) is 1. The van der Waals surface area contributed by atoms with Crippen LogP contribution in [0, 0.1) is 0 Å². The third kappa shape index (κ3) is 4.23. The van der Waals surface area contributed by atoms with Crippen LogP contribution in [0.3, 0.4) is 0 Å². The zero-order chi connectivity index (χ0) is 16.2. The molecule has 0 atom stereocenters. The summed E-state index contributed by atoms with van der Waals surface area (Å²) < 4.78 is 5.76. The highest BCUT2D eigenvalue weighted by Gasteiger charge is 2.28. The second kappa shape index (κ2) is 7.31. The molecule has 0 spiro atoms. The Morgan fingerprint density at radius 2 is 1.65 bits per heavy atom. The van der Waals surface area contributed by atoms with Gasteiger partial charge in [0.15, 0.2) is 0 Å². The molecule has 2 fully saturated rings. The number of likely N-dealkylation sites (tertiary alicyclic amines) is 1. The van der Waals surface area contributed by atoms with E-state index in [1.165, 1.54) is 12.4 Å². The quantitative estimate of drug-likeness (QED) is 0.813. The van der Waals surface area contributed by atoms with Crippen LogP contribution in [0.15, 0.2) is 12.4 Å². The summed E-state index contributed by atoms with van der Waals surface area (Å²) in [4.78, 5) is 26.7. The number of rotatable bonds is 2. The standard InChI is InChI=1S/C15H22ClN5O2/c1-19-6-8-21(9-7-19)15(22)20-4-2-13(3-5-20)23-14-17-10-12(16)11-18-14/h10-11,13H,2-9H2,1H3. The van der Waals surface area contributed by atoms with Crippen molar-refractivity contribution in [3.63, 3.8) is 0 Å². The van der Waals surface area contributed by atoms with E-state index in [0.29, 0.717) is 24.1 Å². The maximum atomic E-state index is 12.5. The third-order valence-corrected chi connectivity index (χ3v) is 4.55. The Bertz CT molecular complexity index is 525. The van der Waals surface area contributed by atoms with Crippen molar-refractivity contribution in [2.24, 2.45) is 0 Å². The number of amides is 2. The molecule has 0 N–H and O–H groups in total. The second-order valence-electron chi connectivity index (χ2n) is 6.06. The van der Waals surface area contributed by atoms with Crippen LogP contribution < -0.4 is 4.74 Å². The van der Waals surface area contributed by atoms with Gasteiger partial charge in [-0.25, -0.2) is 14.8 Å². The van der Waals surface area contributed by atoms with Gasteiger partial charge in [0.2, 0.25) is 0 Å². The van der Waals surface area contributed by atoms with Gasteiger partial charge in [-0.05, 0) is 7.05 Å². The topological polar surface area (TPSA) is 61.8 Å². The molecule has 2 saturated heterocycles. The summed E-state index contributed by atoms with van der Waals surface area (Å²) in [7, 11) is 2.09. The molecule has 3 rings (SSSR count). The predicted molar refractivity (Wildman–Crippen MR) is 86.7 cm³/mol. The van der Waals surface area contributed by atoms with Crippen LogP contribution >= 0.6 is 11.6 Å². The number of ether oxygens (including phenoxy) is 1. The monoisotopic (exact) mass is 339 g/mol. The van der Waals surface area contributed by atoms with Gasteiger partial charge < -0.3 is 19.4 Å². The Hall–Kier alpha value is -1.60. The number of piperazine rings is 1. The maximum absolute atomic E-state index is 12.5. The SMILES string of the molecule is CN1CCN(C(=O)N2CCC(Oc3ncc(Cl)cn3)CC2)CC1. The smallest absolute Gasteiger partial charge is 0.320 e. The Balaban J connectivity index is 1.46. The molecule has 23 heavy (non-hydrogen) atoms. The van der Waals surface area contributed by atoms with Crippen molar-refractivity contribution in [1.29, 1.82) is 0 Å². The van der Waals surface area contributed by atoms with Crippen LogP contribution in [-0.4, -0.2) is 83.1 Å². The van der Waals surface area contributed by atoms with Gasteiger partial charge in [0.1, 0.15) is 6.10 Å². The van der Waals surface area contributed by atoms with Crippen molar-refractivity contribution >= 4 is 17.6 Å². The van der Waals surface area contributed by atoms with E-state index in [2.05, 4.69) is 21.9 Å². The number of piperidine rings is 1. The number of halogens is 1. The average Bonchev–Trinajstić information content (AvgIpc) is 2.58. The number of carbonyl (C=O) groups is 1. The lowest BCUT2D eigenvalue weighted by Gasteiger charge is -2.38. The summed E-state index contributed by atoms with van der Waals surface area (Å²) in [6.07, 6.45) is 4.69. The molecule has 7 nitrogen and oxygen atoms in total. The minimum absolute atomic E-state index is 0.0488. The first kappa shape index (κ1) is 16.3. The van der Waals surface area contributed by atoms with Crippen LogP contribution in [0.1, 0.15) is 12.8 Å². The molecule has 0 unspecified atom stereocenters. The molecule has 2 aliphatic heterocycles. The molecule has 0 saturated carbocycles. The summed E-state index contributed by atoms with van der Waals surface area (Å²) in [5.41, 5.74) is 0. The fraction of sp³-hybridized carbons (Fsp3) is 0.667. The van der Waals surface area contributed by atoms with Gasteiger partial charge in [-0.2, -0.15) is 0 Å². The molecule has 0 bridgehead atoms. The number of urea groups is 1.